The standard InChI is InChI=1S/C20H28N4O3/c1-4-5-9-18-21-19(27-22-18)15(2)23-10-12-24(13-11-23)20(25)16-7-6-8-17(14-16)26-3/h6-8,14-15H,4-5,9-13H2,1-3H3. The fourth-order valence-corrected chi connectivity index (χ4v) is 3.28. The van der Waals surface area contributed by atoms with Gasteiger partial charge in [-0.15, -0.1) is 0 Å². The Bertz CT molecular complexity index is 753. The molecule has 0 bridgehead atoms. The van der Waals surface area contributed by atoms with Gasteiger partial charge in [-0.3, -0.25) is 9.69 Å². The van der Waals surface area contributed by atoms with Crippen LogP contribution in [-0.4, -0.2) is 59.1 Å². The number of nitrogens with zero attached hydrogens (tertiary/aromatic N) is 4. The lowest BCUT2D eigenvalue weighted by molar-refractivity contribution is 0.0551. The van der Waals surface area contributed by atoms with Gasteiger partial charge in [0.15, 0.2) is 5.82 Å². The second-order valence-electron chi connectivity index (χ2n) is 6.89. The highest BCUT2D eigenvalue weighted by molar-refractivity contribution is 5.94. The molecular weight excluding hydrogens is 344 g/mol. The molecule has 0 aliphatic carbocycles. The van der Waals surface area contributed by atoms with Crippen LogP contribution in [0.15, 0.2) is 28.8 Å². The van der Waals surface area contributed by atoms with E-state index < -0.39 is 0 Å². The van der Waals surface area contributed by atoms with E-state index in [1.165, 1.54) is 0 Å². The molecule has 0 saturated carbocycles. The zero-order chi connectivity index (χ0) is 19.2. The van der Waals surface area contributed by atoms with Gasteiger partial charge in [-0.2, -0.15) is 4.98 Å². The summed E-state index contributed by atoms with van der Waals surface area (Å²) in [5, 5.41) is 4.08. The van der Waals surface area contributed by atoms with Crippen LogP contribution in [0.5, 0.6) is 5.75 Å². The predicted octanol–water partition coefficient (Wildman–Crippen LogP) is 2.94. The molecule has 0 spiro atoms. The summed E-state index contributed by atoms with van der Waals surface area (Å²) >= 11 is 0. The first-order valence-electron chi connectivity index (χ1n) is 9.62. The molecule has 2 aromatic rings. The third kappa shape index (κ3) is 4.66. The highest BCUT2D eigenvalue weighted by Crippen LogP contribution is 2.22. The van der Waals surface area contributed by atoms with Crippen LogP contribution >= 0.6 is 0 Å². The first-order chi connectivity index (χ1) is 13.1. The van der Waals surface area contributed by atoms with Gasteiger partial charge >= 0.3 is 0 Å². The normalized spacial score (nSPS) is 16.3. The number of aromatic nitrogens is 2. The van der Waals surface area contributed by atoms with Crippen LogP contribution in [0.3, 0.4) is 0 Å². The highest BCUT2D eigenvalue weighted by atomic mass is 16.5. The number of carbonyl (C=O) groups is 1. The number of piperazine rings is 1. The SMILES string of the molecule is CCCCc1noc(C(C)N2CCN(C(=O)c3cccc(OC)c3)CC2)n1. The zero-order valence-corrected chi connectivity index (χ0v) is 16.4. The van der Waals surface area contributed by atoms with Gasteiger partial charge in [0.1, 0.15) is 5.75 Å². The van der Waals surface area contributed by atoms with Crippen molar-refractivity contribution in [3.8, 4) is 5.75 Å². The van der Waals surface area contributed by atoms with Crippen LogP contribution in [0, 0.1) is 0 Å². The lowest BCUT2D eigenvalue weighted by atomic mass is 10.1. The molecule has 1 unspecified atom stereocenters. The van der Waals surface area contributed by atoms with Gasteiger partial charge < -0.3 is 14.2 Å². The number of aryl methyl sites for hydroxylation is 1. The second-order valence-corrected chi connectivity index (χ2v) is 6.89. The maximum atomic E-state index is 12.7. The van der Waals surface area contributed by atoms with E-state index in [1.54, 1.807) is 13.2 Å². The first-order valence-corrected chi connectivity index (χ1v) is 9.62. The predicted molar refractivity (Wildman–Crippen MR) is 102 cm³/mol. The van der Waals surface area contributed by atoms with Crippen molar-refractivity contribution in [1.29, 1.82) is 0 Å². The summed E-state index contributed by atoms with van der Waals surface area (Å²) in [6.07, 6.45) is 3.04. The molecule has 1 fully saturated rings. The number of benzene rings is 1. The Morgan fingerprint density at radius 1 is 1.30 bits per heavy atom. The number of rotatable bonds is 7. The molecule has 1 aliphatic rings. The summed E-state index contributed by atoms with van der Waals surface area (Å²) in [7, 11) is 1.61. The van der Waals surface area contributed by atoms with E-state index in [0.717, 1.165) is 38.2 Å². The van der Waals surface area contributed by atoms with E-state index in [2.05, 4.69) is 28.9 Å². The molecule has 1 aliphatic heterocycles. The van der Waals surface area contributed by atoms with Crippen LogP contribution in [-0.2, 0) is 6.42 Å². The summed E-state index contributed by atoms with van der Waals surface area (Å²) in [6, 6.07) is 7.36. The Morgan fingerprint density at radius 2 is 2.07 bits per heavy atom. The Morgan fingerprint density at radius 3 is 2.78 bits per heavy atom. The Balaban J connectivity index is 1.56. The molecule has 146 valence electrons. The van der Waals surface area contributed by atoms with Crippen LogP contribution in [0.2, 0.25) is 0 Å². The largest absolute Gasteiger partial charge is 0.497 e. The number of hydrogen-bond acceptors (Lipinski definition) is 6. The molecule has 27 heavy (non-hydrogen) atoms. The van der Waals surface area contributed by atoms with Crippen molar-refractivity contribution in [3.63, 3.8) is 0 Å². The van der Waals surface area contributed by atoms with Crippen LogP contribution in [0.1, 0.15) is 54.8 Å². The first kappa shape index (κ1) is 19.4. The van der Waals surface area contributed by atoms with Crippen LogP contribution in [0.4, 0.5) is 0 Å². The van der Waals surface area contributed by atoms with E-state index >= 15 is 0 Å². The number of hydrogen-bond donors (Lipinski definition) is 0. The molecule has 1 saturated heterocycles. The highest BCUT2D eigenvalue weighted by Gasteiger charge is 2.28. The lowest BCUT2D eigenvalue weighted by Gasteiger charge is -2.36. The summed E-state index contributed by atoms with van der Waals surface area (Å²) in [5.41, 5.74) is 0.660. The summed E-state index contributed by atoms with van der Waals surface area (Å²) in [5.74, 6) is 2.18. The molecule has 7 heteroatoms. The molecule has 0 radical (unpaired) electrons. The number of carbonyl (C=O) groups excluding carboxylic acids is 1. The maximum absolute atomic E-state index is 12.7. The molecule has 1 aromatic carbocycles. The minimum atomic E-state index is 0.0424. The van der Waals surface area contributed by atoms with Gasteiger partial charge in [-0.25, -0.2) is 0 Å². The van der Waals surface area contributed by atoms with E-state index in [0.29, 0.717) is 30.3 Å². The van der Waals surface area contributed by atoms with Crippen LogP contribution < -0.4 is 4.74 Å². The molecule has 7 nitrogen and oxygen atoms in total. The van der Waals surface area contributed by atoms with Crippen molar-refractivity contribution >= 4 is 5.91 Å². The van der Waals surface area contributed by atoms with Crippen molar-refractivity contribution in [2.75, 3.05) is 33.3 Å². The van der Waals surface area contributed by atoms with Crippen molar-refractivity contribution in [2.45, 2.75) is 39.2 Å². The van der Waals surface area contributed by atoms with Crippen molar-refractivity contribution in [2.24, 2.45) is 0 Å². The monoisotopic (exact) mass is 372 g/mol. The van der Waals surface area contributed by atoms with Gasteiger partial charge in [0.2, 0.25) is 5.89 Å². The summed E-state index contributed by atoms with van der Waals surface area (Å²) in [4.78, 5) is 21.4. The van der Waals surface area contributed by atoms with Crippen molar-refractivity contribution < 1.29 is 14.1 Å². The fraction of sp³-hybridized carbons (Fsp3) is 0.550. The average molecular weight is 372 g/mol. The Hall–Kier alpha value is -2.41. The quantitative estimate of drug-likeness (QED) is 0.744. The zero-order valence-electron chi connectivity index (χ0n) is 16.4. The van der Waals surface area contributed by atoms with Gasteiger partial charge in [0.05, 0.1) is 13.2 Å². The number of unbranched alkanes of at least 4 members (excludes halogenated alkanes) is 1. The Labute approximate surface area is 160 Å². The fourth-order valence-electron chi connectivity index (χ4n) is 3.28. The average Bonchev–Trinajstić information content (AvgIpc) is 3.20. The molecule has 3 rings (SSSR count). The van der Waals surface area contributed by atoms with E-state index in [1.807, 2.05) is 23.1 Å². The molecular formula is C20H28N4O3. The second kappa shape index (κ2) is 8.99. The van der Waals surface area contributed by atoms with Crippen molar-refractivity contribution in [3.05, 3.63) is 41.5 Å². The third-order valence-electron chi connectivity index (χ3n) is 5.06. The van der Waals surface area contributed by atoms with Gasteiger partial charge in [0, 0.05) is 38.2 Å². The molecule has 0 N–H and O–H groups in total. The minimum Gasteiger partial charge on any atom is -0.497 e. The lowest BCUT2D eigenvalue weighted by Crippen LogP contribution is -2.49. The van der Waals surface area contributed by atoms with Gasteiger partial charge in [0.25, 0.3) is 5.91 Å². The topological polar surface area (TPSA) is 71.7 Å². The van der Waals surface area contributed by atoms with Gasteiger partial charge in [-0.1, -0.05) is 24.6 Å². The van der Waals surface area contributed by atoms with Gasteiger partial charge in [-0.05, 0) is 31.5 Å². The number of ether oxygens (including phenoxy) is 1. The summed E-state index contributed by atoms with van der Waals surface area (Å²) in [6.45, 7) is 7.15. The molecule has 1 amide bonds. The number of methoxy groups -OCH3 is 1. The maximum Gasteiger partial charge on any atom is 0.254 e. The minimum absolute atomic E-state index is 0.0424. The van der Waals surface area contributed by atoms with Crippen LogP contribution in [0.25, 0.3) is 0 Å². The number of amides is 1. The van der Waals surface area contributed by atoms with Crippen molar-refractivity contribution in [1.82, 2.24) is 19.9 Å². The van der Waals surface area contributed by atoms with E-state index in [4.69, 9.17) is 9.26 Å². The molecule has 1 aromatic heterocycles. The molecule has 2 heterocycles. The third-order valence-corrected chi connectivity index (χ3v) is 5.06. The molecule has 1 atom stereocenters. The van der Waals surface area contributed by atoms with E-state index in [9.17, 15) is 4.79 Å². The Kier molecular flexibility index (Phi) is 6.45. The smallest absolute Gasteiger partial charge is 0.254 e. The van der Waals surface area contributed by atoms with E-state index in [-0.39, 0.29) is 11.9 Å². The summed E-state index contributed by atoms with van der Waals surface area (Å²) < 4.78 is 10.7.